The molecule has 1 aromatic heterocycles. The molecule has 3 aromatic carbocycles. The number of hydrogen-bond donors (Lipinski definition) is 1. The number of rotatable bonds is 4. The van der Waals surface area contributed by atoms with Crippen molar-refractivity contribution in [2.75, 3.05) is 20.6 Å². The first-order chi connectivity index (χ1) is 18.3. The second-order valence-corrected chi connectivity index (χ2v) is 11.5. The van der Waals surface area contributed by atoms with E-state index in [0.29, 0.717) is 18.0 Å². The van der Waals surface area contributed by atoms with Crippen LogP contribution in [0.15, 0.2) is 72.8 Å². The Hall–Kier alpha value is -3.15. The zero-order chi connectivity index (χ0) is 26.5. The molecule has 4 nitrogen and oxygen atoms in total. The predicted octanol–water partition coefficient (Wildman–Crippen LogP) is 6.81. The average Bonchev–Trinajstić information content (AvgIpc) is 3.30. The summed E-state index contributed by atoms with van der Waals surface area (Å²) >= 11 is 6.09. The molecule has 1 spiro atoms. The molecule has 0 saturated heterocycles. The number of amides is 1. The summed E-state index contributed by atoms with van der Waals surface area (Å²) in [5, 5.41) is 1.92. The van der Waals surface area contributed by atoms with Crippen molar-refractivity contribution in [1.82, 2.24) is 14.8 Å². The van der Waals surface area contributed by atoms with Crippen molar-refractivity contribution in [3.05, 3.63) is 106 Å². The first kappa shape index (κ1) is 25.1. The standard InChI is InChI=1S/C32H33ClFN3O/c1-36(2)31(23-6-5-7-25(34)21-23)15-17-32(18-16-31)30-27(26-8-3-4-9-28(26)35-30)14-19-37(32)29(38)20-22-10-12-24(33)13-11-22/h3-13,21,35H,14-20H2,1-2H3/t31-,32-. The highest BCUT2D eigenvalue weighted by Gasteiger charge is 2.52. The Bertz CT molecular complexity index is 1480. The molecular weight excluding hydrogens is 497 g/mol. The zero-order valence-corrected chi connectivity index (χ0v) is 22.7. The first-order valence-electron chi connectivity index (χ1n) is 13.4. The van der Waals surface area contributed by atoms with Crippen molar-refractivity contribution in [3.63, 3.8) is 0 Å². The molecule has 1 aliphatic carbocycles. The number of carbonyl (C=O) groups is 1. The number of para-hydroxylation sites is 1. The first-order valence-corrected chi connectivity index (χ1v) is 13.8. The second-order valence-electron chi connectivity index (χ2n) is 11.1. The lowest BCUT2D eigenvalue weighted by molar-refractivity contribution is -0.142. The van der Waals surface area contributed by atoms with Gasteiger partial charge in [0.1, 0.15) is 5.82 Å². The highest BCUT2D eigenvalue weighted by molar-refractivity contribution is 6.30. The van der Waals surface area contributed by atoms with Crippen LogP contribution in [0.3, 0.4) is 0 Å². The Balaban J connectivity index is 1.41. The number of nitrogens with one attached hydrogen (secondary N) is 1. The lowest BCUT2D eigenvalue weighted by Gasteiger charge is -2.55. The zero-order valence-electron chi connectivity index (χ0n) is 21.9. The number of carbonyl (C=O) groups excluding carboxylic acids is 1. The largest absolute Gasteiger partial charge is 0.356 e. The van der Waals surface area contributed by atoms with Crippen LogP contribution >= 0.6 is 11.6 Å². The van der Waals surface area contributed by atoms with Crippen molar-refractivity contribution in [2.45, 2.75) is 49.6 Å². The van der Waals surface area contributed by atoms with E-state index in [9.17, 15) is 9.18 Å². The average molecular weight is 530 g/mol. The molecule has 0 unspecified atom stereocenters. The summed E-state index contributed by atoms with van der Waals surface area (Å²) in [7, 11) is 4.17. The van der Waals surface area contributed by atoms with Gasteiger partial charge in [0.05, 0.1) is 12.0 Å². The molecule has 0 atom stereocenters. The number of aromatic amines is 1. The molecular formula is C32H33ClFN3O. The number of benzene rings is 3. The van der Waals surface area contributed by atoms with Crippen LogP contribution < -0.4 is 0 Å². The molecule has 1 saturated carbocycles. The van der Waals surface area contributed by atoms with Crippen LogP contribution in [0.5, 0.6) is 0 Å². The van der Waals surface area contributed by atoms with E-state index < -0.39 is 5.54 Å². The van der Waals surface area contributed by atoms with Crippen molar-refractivity contribution in [2.24, 2.45) is 0 Å². The van der Waals surface area contributed by atoms with Crippen molar-refractivity contribution >= 4 is 28.4 Å². The summed E-state index contributed by atoms with van der Waals surface area (Å²) in [6, 6.07) is 23.0. The number of hydrogen-bond acceptors (Lipinski definition) is 2. The summed E-state index contributed by atoms with van der Waals surface area (Å²) in [6.07, 6.45) is 4.42. The van der Waals surface area contributed by atoms with E-state index >= 15 is 0 Å². The summed E-state index contributed by atoms with van der Waals surface area (Å²) < 4.78 is 14.3. The number of H-pyrrole nitrogens is 1. The van der Waals surface area contributed by atoms with Gasteiger partial charge in [-0.05, 0) is 93.2 Å². The van der Waals surface area contributed by atoms with E-state index in [-0.39, 0.29) is 17.3 Å². The van der Waals surface area contributed by atoms with Gasteiger partial charge in [-0.3, -0.25) is 9.69 Å². The predicted molar refractivity (Wildman–Crippen MR) is 151 cm³/mol. The van der Waals surface area contributed by atoms with Gasteiger partial charge in [0.2, 0.25) is 5.91 Å². The fraction of sp³-hybridized carbons (Fsp3) is 0.344. The summed E-state index contributed by atoms with van der Waals surface area (Å²) in [5.74, 6) is -0.0703. The van der Waals surface area contributed by atoms with Gasteiger partial charge in [0.15, 0.2) is 0 Å². The van der Waals surface area contributed by atoms with E-state index in [2.05, 4.69) is 53.1 Å². The van der Waals surface area contributed by atoms with Gasteiger partial charge in [-0.2, -0.15) is 0 Å². The molecule has 2 heterocycles. The molecule has 0 bridgehead atoms. The lowest BCUT2D eigenvalue weighted by Crippen LogP contribution is -2.58. The topological polar surface area (TPSA) is 39.3 Å². The fourth-order valence-electron chi connectivity index (χ4n) is 7.03. The molecule has 196 valence electrons. The van der Waals surface area contributed by atoms with Crippen LogP contribution in [0.4, 0.5) is 4.39 Å². The summed E-state index contributed by atoms with van der Waals surface area (Å²) in [6.45, 7) is 0.691. The maximum absolute atomic E-state index is 14.3. The van der Waals surface area contributed by atoms with E-state index in [4.69, 9.17) is 11.6 Å². The summed E-state index contributed by atoms with van der Waals surface area (Å²) in [4.78, 5) is 22.1. The number of fused-ring (bicyclic) bond motifs is 4. The van der Waals surface area contributed by atoms with Gasteiger partial charge in [-0.25, -0.2) is 4.39 Å². The smallest absolute Gasteiger partial charge is 0.227 e. The van der Waals surface area contributed by atoms with Crippen molar-refractivity contribution in [3.8, 4) is 0 Å². The highest BCUT2D eigenvalue weighted by Crippen LogP contribution is 2.53. The van der Waals surface area contributed by atoms with Crippen LogP contribution in [0, 0.1) is 5.82 Å². The number of aromatic nitrogens is 1. The highest BCUT2D eigenvalue weighted by atomic mass is 35.5. The molecule has 6 rings (SSSR count). The number of halogens is 2. The van der Waals surface area contributed by atoms with Gasteiger partial charge < -0.3 is 9.88 Å². The van der Waals surface area contributed by atoms with Gasteiger partial charge in [-0.1, -0.05) is 54.1 Å². The Morgan fingerprint density at radius 2 is 1.74 bits per heavy atom. The summed E-state index contributed by atoms with van der Waals surface area (Å²) in [5.41, 5.74) is 4.89. The van der Waals surface area contributed by atoms with Crippen molar-refractivity contribution in [1.29, 1.82) is 0 Å². The maximum atomic E-state index is 14.3. The quantitative estimate of drug-likeness (QED) is 0.315. The van der Waals surface area contributed by atoms with Crippen LogP contribution in [0.2, 0.25) is 5.02 Å². The maximum Gasteiger partial charge on any atom is 0.227 e. The Morgan fingerprint density at radius 1 is 1.00 bits per heavy atom. The minimum Gasteiger partial charge on any atom is -0.356 e. The molecule has 1 aliphatic heterocycles. The van der Waals surface area contributed by atoms with Gasteiger partial charge in [0, 0.05) is 33.7 Å². The molecule has 0 radical (unpaired) electrons. The van der Waals surface area contributed by atoms with Gasteiger partial charge in [0.25, 0.3) is 0 Å². The molecule has 2 aliphatic rings. The van der Waals surface area contributed by atoms with Crippen LogP contribution in [-0.2, 0) is 28.7 Å². The van der Waals surface area contributed by atoms with Crippen LogP contribution in [0.25, 0.3) is 10.9 Å². The molecule has 4 aromatic rings. The Kier molecular flexibility index (Phi) is 6.32. The Morgan fingerprint density at radius 3 is 2.45 bits per heavy atom. The lowest BCUT2D eigenvalue weighted by atomic mass is 9.65. The van der Waals surface area contributed by atoms with E-state index in [0.717, 1.165) is 48.7 Å². The molecule has 38 heavy (non-hydrogen) atoms. The van der Waals surface area contributed by atoms with E-state index in [1.165, 1.54) is 22.7 Å². The van der Waals surface area contributed by atoms with Gasteiger partial charge in [-0.15, -0.1) is 0 Å². The molecule has 1 N–H and O–H groups in total. The molecule has 1 fully saturated rings. The minimum atomic E-state index is -0.428. The van der Waals surface area contributed by atoms with Crippen LogP contribution in [-0.4, -0.2) is 41.3 Å². The van der Waals surface area contributed by atoms with Crippen LogP contribution in [0.1, 0.15) is 48.1 Å². The fourth-order valence-corrected chi connectivity index (χ4v) is 7.16. The van der Waals surface area contributed by atoms with E-state index in [1.54, 1.807) is 12.1 Å². The SMILES string of the molecule is CN(C)[C@]1(c2cccc(F)c2)CC[C@@]2(CC1)c1[nH]c3ccccc3c1CCN2C(=O)Cc1ccc(Cl)cc1. The van der Waals surface area contributed by atoms with Crippen molar-refractivity contribution < 1.29 is 9.18 Å². The third-order valence-corrected chi connectivity index (χ3v) is 9.33. The number of nitrogens with zero attached hydrogens (tertiary/aromatic N) is 2. The van der Waals surface area contributed by atoms with Gasteiger partial charge >= 0.3 is 0 Å². The molecule has 1 amide bonds. The Labute approximate surface area is 228 Å². The third kappa shape index (κ3) is 4.04. The normalized spacial score (nSPS) is 23.2. The molecule has 6 heteroatoms. The third-order valence-electron chi connectivity index (χ3n) is 9.07. The second kappa shape index (κ2) is 9.55. The monoisotopic (exact) mass is 529 g/mol. The minimum absolute atomic E-state index is 0.139. The van der Waals surface area contributed by atoms with E-state index in [1.807, 2.05) is 30.3 Å².